The zero-order valence-corrected chi connectivity index (χ0v) is 9.76. The molecule has 0 fully saturated rings. The van der Waals surface area contributed by atoms with Crippen LogP contribution in [0.1, 0.15) is 20.8 Å². The molecule has 0 radical (unpaired) electrons. The van der Waals surface area contributed by atoms with Gasteiger partial charge in [0.05, 0.1) is 11.1 Å². The summed E-state index contributed by atoms with van der Waals surface area (Å²) in [5.74, 6) is 0.664. The minimum Gasteiger partial charge on any atom is -0.476 e. The fourth-order valence-electron chi connectivity index (χ4n) is 0.762. The van der Waals surface area contributed by atoms with Gasteiger partial charge in [0.25, 0.3) is 0 Å². The maximum absolute atomic E-state index is 5.54. The lowest BCUT2D eigenvalue weighted by molar-refractivity contribution is 0.190. The average molecular weight is 244 g/mol. The summed E-state index contributed by atoms with van der Waals surface area (Å²) in [5.41, 5.74) is 0.164. The summed E-state index contributed by atoms with van der Waals surface area (Å²) >= 11 is 3.38. The van der Waals surface area contributed by atoms with Crippen molar-refractivity contribution in [3.05, 3.63) is 22.8 Å². The molecule has 1 rings (SSSR count). The predicted octanol–water partition coefficient (Wildman–Crippen LogP) is 3.27. The number of hydrogen-bond acceptors (Lipinski definition) is 2. The van der Waals surface area contributed by atoms with E-state index in [2.05, 4.69) is 41.7 Å². The molecule has 0 atom stereocenters. The Morgan fingerprint density at radius 1 is 1.46 bits per heavy atom. The van der Waals surface area contributed by atoms with Gasteiger partial charge >= 0.3 is 0 Å². The summed E-state index contributed by atoms with van der Waals surface area (Å²) < 4.78 is 6.45. The Kier molecular flexibility index (Phi) is 3.31. The van der Waals surface area contributed by atoms with Crippen molar-refractivity contribution >= 4 is 15.9 Å². The molecule has 0 aliphatic rings. The van der Waals surface area contributed by atoms with Crippen molar-refractivity contribution in [2.45, 2.75) is 20.8 Å². The normalized spacial score (nSPS) is 11.4. The van der Waals surface area contributed by atoms with E-state index in [1.807, 2.05) is 12.1 Å². The zero-order chi connectivity index (χ0) is 9.90. The lowest BCUT2D eigenvalue weighted by Gasteiger charge is -2.18. The molecule has 0 unspecified atom stereocenters. The zero-order valence-electron chi connectivity index (χ0n) is 8.17. The van der Waals surface area contributed by atoms with Crippen LogP contribution >= 0.6 is 15.9 Å². The maximum atomic E-state index is 5.54. The number of ether oxygens (including phenoxy) is 1. The van der Waals surface area contributed by atoms with E-state index in [9.17, 15) is 0 Å². The number of pyridine rings is 1. The third-order valence-corrected chi connectivity index (χ3v) is 1.97. The van der Waals surface area contributed by atoms with Gasteiger partial charge in [0.2, 0.25) is 5.88 Å². The van der Waals surface area contributed by atoms with Gasteiger partial charge in [0, 0.05) is 6.20 Å². The van der Waals surface area contributed by atoms with Gasteiger partial charge < -0.3 is 4.74 Å². The third-order valence-electron chi connectivity index (χ3n) is 1.37. The van der Waals surface area contributed by atoms with Gasteiger partial charge in [0.1, 0.15) is 0 Å². The highest BCUT2D eigenvalue weighted by molar-refractivity contribution is 9.10. The second-order valence-corrected chi connectivity index (χ2v) is 4.99. The molecule has 0 aromatic carbocycles. The van der Waals surface area contributed by atoms with E-state index >= 15 is 0 Å². The van der Waals surface area contributed by atoms with Crippen molar-refractivity contribution in [3.8, 4) is 5.88 Å². The smallest absolute Gasteiger partial charge is 0.227 e. The molecular formula is C10H14BrNO. The summed E-state index contributed by atoms with van der Waals surface area (Å²) in [6.45, 7) is 7.06. The average Bonchev–Trinajstić information content (AvgIpc) is 2.01. The molecule has 1 heterocycles. The van der Waals surface area contributed by atoms with E-state index in [0.717, 1.165) is 4.47 Å². The fraction of sp³-hybridized carbons (Fsp3) is 0.500. The number of hydrogen-bond donors (Lipinski definition) is 0. The highest BCUT2D eigenvalue weighted by Crippen LogP contribution is 2.23. The summed E-state index contributed by atoms with van der Waals surface area (Å²) in [5, 5.41) is 0. The molecule has 72 valence electrons. The first kappa shape index (κ1) is 10.5. The van der Waals surface area contributed by atoms with E-state index in [4.69, 9.17) is 4.74 Å². The Balaban J connectivity index is 2.60. The molecule has 1 aromatic heterocycles. The van der Waals surface area contributed by atoms with Crippen LogP contribution in [-0.2, 0) is 0 Å². The van der Waals surface area contributed by atoms with E-state index < -0.39 is 0 Å². The molecule has 13 heavy (non-hydrogen) atoms. The van der Waals surface area contributed by atoms with Crippen LogP contribution in [0.4, 0.5) is 0 Å². The van der Waals surface area contributed by atoms with Crippen molar-refractivity contribution in [2.75, 3.05) is 6.61 Å². The monoisotopic (exact) mass is 243 g/mol. The SMILES string of the molecule is CC(C)(C)COc1ncccc1Br. The summed E-state index contributed by atoms with van der Waals surface area (Å²) in [7, 11) is 0. The second-order valence-electron chi connectivity index (χ2n) is 4.14. The summed E-state index contributed by atoms with van der Waals surface area (Å²) in [6.07, 6.45) is 1.72. The molecule has 2 nitrogen and oxygen atoms in total. The molecule has 0 saturated heterocycles. The van der Waals surface area contributed by atoms with Gasteiger partial charge in [-0.15, -0.1) is 0 Å². The first-order chi connectivity index (χ1) is 5.99. The Labute approximate surface area is 87.5 Å². The van der Waals surface area contributed by atoms with Crippen LogP contribution in [0.25, 0.3) is 0 Å². The molecule has 0 N–H and O–H groups in total. The quantitative estimate of drug-likeness (QED) is 0.796. The fourth-order valence-corrected chi connectivity index (χ4v) is 1.13. The molecule has 0 saturated carbocycles. The van der Waals surface area contributed by atoms with Crippen LogP contribution < -0.4 is 4.74 Å². The molecule has 0 bridgehead atoms. The molecule has 0 aliphatic carbocycles. The van der Waals surface area contributed by atoms with Gasteiger partial charge in [-0.3, -0.25) is 0 Å². The molecule has 0 amide bonds. The van der Waals surface area contributed by atoms with Crippen LogP contribution in [-0.4, -0.2) is 11.6 Å². The maximum Gasteiger partial charge on any atom is 0.227 e. The van der Waals surface area contributed by atoms with E-state index in [1.54, 1.807) is 6.20 Å². The van der Waals surface area contributed by atoms with E-state index in [0.29, 0.717) is 12.5 Å². The topological polar surface area (TPSA) is 22.1 Å². The summed E-state index contributed by atoms with van der Waals surface area (Å²) in [6, 6.07) is 3.79. The Bertz CT molecular complexity index is 280. The van der Waals surface area contributed by atoms with Crippen molar-refractivity contribution in [1.29, 1.82) is 0 Å². The van der Waals surface area contributed by atoms with Gasteiger partial charge in [-0.05, 0) is 33.5 Å². The van der Waals surface area contributed by atoms with Crippen LogP contribution in [0, 0.1) is 5.41 Å². The lowest BCUT2D eigenvalue weighted by atomic mass is 9.99. The molecule has 1 aromatic rings. The van der Waals surface area contributed by atoms with Gasteiger partial charge in [0.15, 0.2) is 0 Å². The third kappa shape index (κ3) is 3.77. The molecule has 0 aliphatic heterocycles. The number of rotatable bonds is 2. The first-order valence-corrected chi connectivity index (χ1v) is 5.02. The predicted molar refractivity (Wildman–Crippen MR) is 56.9 cm³/mol. The van der Waals surface area contributed by atoms with Crippen LogP contribution in [0.5, 0.6) is 5.88 Å². The van der Waals surface area contributed by atoms with Crippen molar-refractivity contribution < 1.29 is 4.74 Å². The highest BCUT2D eigenvalue weighted by atomic mass is 79.9. The van der Waals surface area contributed by atoms with Crippen LogP contribution in [0.2, 0.25) is 0 Å². The molecule has 0 spiro atoms. The van der Waals surface area contributed by atoms with Crippen LogP contribution in [0.15, 0.2) is 22.8 Å². The van der Waals surface area contributed by atoms with Gasteiger partial charge in [-0.2, -0.15) is 0 Å². The largest absolute Gasteiger partial charge is 0.476 e. The second kappa shape index (κ2) is 4.09. The van der Waals surface area contributed by atoms with Gasteiger partial charge in [-0.1, -0.05) is 20.8 Å². The lowest BCUT2D eigenvalue weighted by Crippen LogP contribution is -2.17. The van der Waals surface area contributed by atoms with Crippen molar-refractivity contribution in [2.24, 2.45) is 5.41 Å². The van der Waals surface area contributed by atoms with Crippen molar-refractivity contribution in [3.63, 3.8) is 0 Å². The van der Waals surface area contributed by atoms with Crippen LogP contribution in [0.3, 0.4) is 0 Å². The highest BCUT2D eigenvalue weighted by Gasteiger charge is 2.12. The Morgan fingerprint density at radius 3 is 2.69 bits per heavy atom. The number of aromatic nitrogens is 1. The van der Waals surface area contributed by atoms with E-state index in [-0.39, 0.29) is 5.41 Å². The minimum absolute atomic E-state index is 0.164. The number of halogens is 1. The van der Waals surface area contributed by atoms with Gasteiger partial charge in [-0.25, -0.2) is 4.98 Å². The van der Waals surface area contributed by atoms with Crippen molar-refractivity contribution in [1.82, 2.24) is 4.98 Å². The Hall–Kier alpha value is -0.570. The standard InChI is InChI=1S/C10H14BrNO/c1-10(2,3)7-13-9-8(11)5-4-6-12-9/h4-6H,7H2,1-3H3. The molecular weight excluding hydrogens is 230 g/mol. The first-order valence-electron chi connectivity index (χ1n) is 4.22. The van der Waals surface area contributed by atoms with E-state index in [1.165, 1.54) is 0 Å². The minimum atomic E-state index is 0.164. The summed E-state index contributed by atoms with van der Waals surface area (Å²) in [4.78, 5) is 4.11. The molecule has 3 heteroatoms. The number of nitrogens with zero attached hydrogens (tertiary/aromatic N) is 1. The Morgan fingerprint density at radius 2 is 2.15 bits per heavy atom.